The fourth-order valence-corrected chi connectivity index (χ4v) is 5.22. The molecule has 1 heterocycles. The summed E-state index contributed by atoms with van der Waals surface area (Å²) in [6, 6.07) is 11.6. The molecule has 0 aliphatic carbocycles. The van der Waals surface area contributed by atoms with Crippen LogP contribution in [0.15, 0.2) is 47.4 Å². The SMILES string of the molecule is CCC(CC(=O)N1CC(=O)CCC(Cc2cc(Cl)ccc2OC)C1=O)c1ccc(S(C)(=O)=O)cc1. The first-order valence-corrected chi connectivity index (χ1v) is 13.8. The molecule has 9 heteroatoms. The second-order valence-electron chi connectivity index (χ2n) is 8.90. The number of amides is 2. The maximum absolute atomic E-state index is 13.4. The Morgan fingerprint density at radius 2 is 1.86 bits per heavy atom. The maximum atomic E-state index is 13.4. The average molecular weight is 520 g/mol. The smallest absolute Gasteiger partial charge is 0.233 e. The summed E-state index contributed by atoms with van der Waals surface area (Å²) in [4.78, 5) is 40.4. The molecule has 2 aromatic carbocycles. The number of benzene rings is 2. The number of ketones is 1. The van der Waals surface area contributed by atoms with Crippen LogP contribution >= 0.6 is 11.6 Å². The molecule has 1 aliphatic rings. The van der Waals surface area contributed by atoms with Gasteiger partial charge in [-0.05, 0) is 66.6 Å². The van der Waals surface area contributed by atoms with Crippen molar-refractivity contribution in [2.24, 2.45) is 5.92 Å². The van der Waals surface area contributed by atoms with Crippen molar-refractivity contribution in [3.8, 4) is 5.75 Å². The van der Waals surface area contributed by atoms with E-state index in [9.17, 15) is 22.8 Å². The minimum absolute atomic E-state index is 0.0426. The molecule has 0 spiro atoms. The molecule has 7 nitrogen and oxygen atoms in total. The number of carbonyl (C=O) groups excluding carboxylic acids is 3. The Hall–Kier alpha value is -2.71. The van der Waals surface area contributed by atoms with E-state index >= 15 is 0 Å². The summed E-state index contributed by atoms with van der Waals surface area (Å²) in [5.41, 5.74) is 1.56. The highest BCUT2D eigenvalue weighted by Crippen LogP contribution is 2.30. The first-order chi connectivity index (χ1) is 16.5. The van der Waals surface area contributed by atoms with Crippen molar-refractivity contribution in [3.05, 3.63) is 58.6 Å². The van der Waals surface area contributed by atoms with Crippen LogP contribution in [0.25, 0.3) is 0 Å². The van der Waals surface area contributed by atoms with Crippen LogP contribution < -0.4 is 4.74 Å². The second kappa shape index (κ2) is 11.4. The third kappa shape index (κ3) is 6.70. The molecule has 35 heavy (non-hydrogen) atoms. The predicted octanol–water partition coefficient (Wildman–Crippen LogP) is 4.21. The molecule has 0 radical (unpaired) electrons. The van der Waals surface area contributed by atoms with Gasteiger partial charge < -0.3 is 4.74 Å². The van der Waals surface area contributed by atoms with Gasteiger partial charge in [-0.25, -0.2) is 8.42 Å². The number of hydrogen-bond acceptors (Lipinski definition) is 6. The molecule has 2 unspecified atom stereocenters. The van der Waals surface area contributed by atoms with Crippen molar-refractivity contribution in [1.29, 1.82) is 0 Å². The Bertz CT molecular complexity index is 1210. The number of ether oxygens (including phenoxy) is 1. The Morgan fingerprint density at radius 1 is 1.17 bits per heavy atom. The summed E-state index contributed by atoms with van der Waals surface area (Å²) in [5.74, 6) is -1.10. The Balaban J connectivity index is 1.80. The quantitative estimate of drug-likeness (QED) is 0.518. The van der Waals surface area contributed by atoms with Crippen LogP contribution in [0.3, 0.4) is 0 Å². The molecule has 0 aromatic heterocycles. The lowest BCUT2D eigenvalue weighted by atomic mass is 9.91. The van der Waals surface area contributed by atoms with Gasteiger partial charge in [0.2, 0.25) is 11.8 Å². The molecular weight excluding hydrogens is 490 g/mol. The van der Waals surface area contributed by atoms with Crippen molar-refractivity contribution in [3.63, 3.8) is 0 Å². The van der Waals surface area contributed by atoms with E-state index in [0.29, 0.717) is 30.0 Å². The third-order valence-corrected chi connectivity index (χ3v) is 7.79. The third-order valence-electron chi connectivity index (χ3n) is 6.42. The Morgan fingerprint density at radius 3 is 2.46 bits per heavy atom. The molecule has 2 atom stereocenters. The molecule has 2 aromatic rings. The number of likely N-dealkylation sites (tertiary alicyclic amines) is 1. The summed E-state index contributed by atoms with van der Waals surface area (Å²) >= 11 is 6.14. The minimum Gasteiger partial charge on any atom is -0.496 e. The van der Waals surface area contributed by atoms with E-state index in [0.717, 1.165) is 22.3 Å². The second-order valence-corrected chi connectivity index (χ2v) is 11.4. The first-order valence-electron chi connectivity index (χ1n) is 11.5. The van der Waals surface area contributed by atoms with Crippen molar-refractivity contribution in [1.82, 2.24) is 4.90 Å². The largest absolute Gasteiger partial charge is 0.496 e. The Labute approximate surface area is 211 Å². The predicted molar refractivity (Wildman–Crippen MR) is 133 cm³/mol. The number of carbonyl (C=O) groups is 3. The molecule has 2 amide bonds. The number of imide groups is 1. The number of rotatable bonds is 8. The minimum atomic E-state index is -3.32. The van der Waals surface area contributed by atoms with Crippen LogP contribution in [-0.4, -0.2) is 50.8 Å². The highest BCUT2D eigenvalue weighted by atomic mass is 35.5. The number of halogens is 1. The van der Waals surface area contributed by atoms with Crippen LogP contribution in [0.4, 0.5) is 0 Å². The van der Waals surface area contributed by atoms with Gasteiger partial charge in [0.15, 0.2) is 15.6 Å². The standard InChI is InChI=1S/C26H30ClNO6S/c1-4-17(18-6-10-23(11-7-18)35(3,32)33)15-25(30)28-16-22(29)9-5-19(26(28)31)13-20-14-21(27)8-12-24(20)34-2/h6-8,10-12,14,17,19H,4-5,9,13,15-16H2,1-3H3. The normalized spacial score (nSPS) is 17.7. The van der Waals surface area contributed by atoms with Crippen molar-refractivity contribution >= 4 is 39.0 Å². The fraction of sp³-hybridized carbons (Fsp3) is 0.423. The molecule has 3 rings (SSSR count). The van der Waals surface area contributed by atoms with E-state index in [-0.39, 0.29) is 41.9 Å². The van der Waals surface area contributed by atoms with E-state index in [1.165, 1.54) is 19.2 Å². The number of sulfone groups is 1. The van der Waals surface area contributed by atoms with Gasteiger partial charge in [0.1, 0.15) is 5.75 Å². The molecule has 1 fully saturated rings. The summed E-state index contributed by atoms with van der Waals surface area (Å²) in [5, 5.41) is 0.513. The van der Waals surface area contributed by atoms with Crippen LogP contribution in [0.5, 0.6) is 5.75 Å². The molecule has 1 saturated heterocycles. The van der Waals surface area contributed by atoms with Crippen molar-refractivity contribution in [2.75, 3.05) is 19.9 Å². The monoisotopic (exact) mass is 519 g/mol. The van der Waals surface area contributed by atoms with E-state index in [1.54, 1.807) is 30.3 Å². The van der Waals surface area contributed by atoms with Gasteiger partial charge in [0.25, 0.3) is 0 Å². The van der Waals surface area contributed by atoms with Crippen LogP contribution in [0.2, 0.25) is 5.02 Å². The van der Waals surface area contributed by atoms with Gasteiger partial charge in [-0.1, -0.05) is 30.7 Å². The van der Waals surface area contributed by atoms with Gasteiger partial charge in [-0.2, -0.15) is 0 Å². The summed E-state index contributed by atoms with van der Waals surface area (Å²) < 4.78 is 28.9. The van der Waals surface area contributed by atoms with E-state index < -0.39 is 21.7 Å². The highest BCUT2D eigenvalue weighted by molar-refractivity contribution is 7.90. The van der Waals surface area contributed by atoms with Gasteiger partial charge in [0.05, 0.1) is 18.6 Å². The number of hydrogen-bond donors (Lipinski definition) is 0. The average Bonchev–Trinajstić information content (AvgIpc) is 2.96. The summed E-state index contributed by atoms with van der Waals surface area (Å²) in [7, 11) is -1.79. The molecule has 188 valence electrons. The van der Waals surface area contributed by atoms with Crippen molar-refractivity contribution < 1.29 is 27.5 Å². The van der Waals surface area contributed by atoms with Crippen molar-refractivity contribution in [2.45, 2.75) is 49.8 Å². The van der Waals surface area contributed by atoms with Gasteiger partial charge >= 0.3 is 0 Å². The van der Waals surface area contributed by atoms with E-state index in [2.05, 4.69) is 0 Å². The fourth-order valence-electron chi connectivity index (χ4n) is 4.39. The zero-order valence-corrected chi connectivity index (χ0v) is 21.7. The molecular formula is C26H30ClNO6S. The summed E-state index contributed by atoms with van der Waals surface area (Å²) in [6.45, 7) is 1.69. The number of methoxy groups -OCH3 is 1. The van der Waals surface area contributed by atoms with Crippen LogP contribution in [0, 0.1) is 5.92 Å². The van der Waals surface area contributed by atoms with Gasteiger partial charge in [-0.15, -0.1) is 0 Å². The molecule has 0 bridgehead atoms. The van der Waals surface area contributed by atoms with Crippen LogP contribution in [-0.2, 0) is 30.6 Å². The highest BCUT2D eigenvalue weighted by Gasteiger charge is 2.35. The van der Waals surface area contributed by atoms with E-state index in [4.69, 9.17) is 16.3 Å². The topological polar surface area (TPSA) is 97.8 Å². The first kappa shape index (κ1) is 26.9. The molecule has 1 aliphatic heterocycles. The molecule has 0 N–H and O–H groups in total. The summed E-state index contributed by atoms with van der Waals surface area (Å²) in [6.07, 6.45) is 2.67. The number of nitrogens with zero attached hydrogens (tertiary/aromatic N) is 1. The Kier molecular flexibility index (Phi) is 8.72. The lowest BCUT2D eigenvalue weighted by Crippen LogP contribution is -2.42. The zero-order chi connectivity index (χ0) is 25.8. The zero-order valence-electron chi connectivity index (χ0n) is 20.1. The van der Waals surface area contributed by atoms with Gasteiger partial charge in [-0.3, -0.25) is 19.3 Å². The lowest BCUT2D eigenvalue weighted by molar-refractivity contribution is -0.148. The van der Waals surface area contributed by atoms with E-state index in [1.807, 2.05) is 6.92 Å². The van der Waals surface area contributed by atoms with Gasteiger partial charge in [0, 0.05) is 30.0 Å². The number of Topliss-reactive ketones (excluding diaryl/α,β-unsaturated/α-hetero) is 1. The molecule has 0 saturated carbocycles. The van der Waals surface area contributed by atoms with Crippen LogP contribution in [0.1, 0.15) is 49.7 Å². The lowest BCUT2D eigenvalue weighted by Gasteiger charge is -2.25. The maximum Gasteiger partial charge on any atom is 0.233 e.